The lowest BCUT2D eigenvalue weighted by Crippen LogP contribution is -2.45. The van der Waals surface area contributed by atoms with Crippen LogP contribution in [0.1, 0.15) is 30.3 Å². The van der Waals surface area contributed by atoms with Crippen LogP contribution in [0.25, 0.3) is 0 Å². The summed E-state index contributed by atoms with van der Waals surface area (Å²) in [4.78, 5) is 28.0. The second kappa shape index (κ2) is 6.09. The molecule has 2 rings (SSSR count). The molecule has 0 aromatic carbocycles. The molecule has 1 aliphatic carbocycles. The average Bonchev–Trinajstić information content (AvgIpc) is 3.23. The van der Waals surface area contributed by atoms with Gasteiger partial charge >= 0.3 is 0 Å². The summed E-state index contributed by atoms with van der Waals surface area (Å²) in [6, 6.07) is 2.89. The van der Waals surface area contributed by atoms with Gasteiger partial charge in [0, 0.05) is 13.1 Å². The number of carbonyl (C=O) groups excluding carboxylic acids is 2. The molecule has 0 spiro atoms. The van der Waals surface area contributed by atoms with E-state index in [-0.39, 0.29) is 22.7 Å². The SMILES string of the molecule is CNc1ccc(Cl)c(C(=O)NC(C)C(=O)NC2CC2)n1. The fraction of sp³-hybridized carbons (Fsp3) is 0.462. The Balaban J connectivity index is 2.01. The summed E-state index contributed by atoms with van der Waals surface area (Å²) in [6.07, 6.45) is 2.01. The normalized spacial score (nSPS) is 15.3. The highest BCUT2D eigenvalue weighted by Gasteiger charge is 2.26. The van der Waals surface area contributed by atoms with E-state index in [0.29, 0.717) is 5.82 Å². The van der Waals surface area contributed by atoms with Gasteiger partial charge in [-0.25, -0.2) is 4.98 Å². The summed E-state index contributed by atoms with van der Waals surface area (Å²) in [6.45, 7) is 1.63. The van der Waals surface area contributed by atoms with Crippen LogP contribution < -0.4 is 16.0 Å². The highest BCUT2D eigenvalue weighted by atomic mass is 35.5. The molecule has 1 unspecified atom stereocenters. The van der Waals surface area contributed by atoms with Crippen LogP contribution in [-0.4, -0.2) is 35.9 Å². The van der Waals surface area contributed by atoms with E-state index < -0.39 is 11.9 Å². The van der Waals surface area contributed by atoms with Crippen LogP contribution in [0.5, 0.6) is 0 Å². The van der Waals surface area contributed by atoms with E-state index in [0.717, 1.165) is 12.8 Å². The summed E-state index contributed by atoms with van der Waals surface area (Å²) >= 11 is 5.95. The van der Waals surface area contributed by atoms with Crippen LogP contribution in [0.2, 0.25) is 5.02 Å². The first-order valence-corrected chi connectivity index (χ1v) is 6.84. The zero-order chi connectivity index (χ0) is 14.7. The predicted molar refractivity (Wildman–Crippen MR) is 76.9 cm³/mol. The Bertz CT molecular complexity index is 531. The molecule has 0 bridgehead atoms. The first-order valence-electron chi connectivity index (χ1n) is 6.46. The third-order valence-electron chi connectivity index (χ3n) is 2.98. The molecule has 6 nitrogen and oxygen atoms in total. The number of anilines is 1. The van der Waals surface area contributed by atoms with Crippen molar-refractivity contribution in [3.63, 3.8) is 0 Å². The Morgan fingerprint density at radius 1 is 1.40 bits per heavy atom. The molecule has 1 fully saturated rings. The molecule has 0 aliphatic heterocycles. The Labute approximate surface area is 122 Å². The molecule has 1 atom stereocenters. The number of hydrogen-bond donors (Lipinski definition) is 3. The van der Waals surface area contributed by atoms with Crippen molar-refractivity contribution in [1.29, 1.82) is 0 Å². The first-order chi connectivity index (χ1) is 9.51. The van der Waals surface area contributed by atoms with Crippen LogP contribution in [0.4, 0.5) is 5.82 Å². The van der Waals surface area contributed by atoms with Gasteiger partial charge in [-0.15, -0.1) is 0 Å². The molecule has 2 amide bonds. The lowest BCUT2D eigenvalue weighted by Gasteiger charge is -2.14. The third-order valence-corrected chi connectivity index (χ3v) is 3.29. The minimum atomic E-state index is -0.626. The van der Waals surface area contributed by atoms with E-state index in [1.165, 1.54) is 0 Å². The second-order valence-electron chi connectivity index (χ2n) is 4.75. The van der Waals surface area contributed by atoms with Crippen molar-refractivity contribution in [2.75, 3.05) is 12.4 Å². The van der Waals surface area contributed by atoms with Gasteiger partial charge in [0.05, 0.1) is 5.02 Å². The van der Waals surface area contributed by atoms with Gasteiger partial charge in [-0.1, -0.05) is 11.6 Å². The van der Waals surface area contributed by atoms with Gasteiger partial charge in [0.25, 0.3) is 5.91 Å². The van der Waals surface area contributed by atoms with E-state index in [9.17, 15) is 9.59 Å². The van der Waals surface area contributed by atoms with Gasteiger partial charge < -0.3 is 16.0 Å². The van der Waals surface area contributed by atoms with Crippen molar-refractivity contribution in [3.8, 4) is 0 Å². The lowest BCUT2D eigenvalue weighted by molar-refractivity contribution is -0.122. The number of nitrogens with zero attached hydrogens (tertiary/aromatic N) is 1. The lowest BCUT2D eigenvalue weighted by atomic mass is 10.2. The quantitative estimate of drug-likeness (QED) is 0.762. The zero-order valence-corrected chi connectivity index (χ0v) is 12.1. The molecular weight excluding hydrogens is 280 g/mol. The number of carbonyl (C=O) groups is 2. The Kier molecular flexibility index (Phi) is 4.44. The van der Waals surface area contributed by atoms with Gasteiger partial charge in [0.15, 0.2) is 0 Å². The number of rotatable bonds is 5. The fourth-order valence-corrected chi connectivity index (χ4v) is 1.82. The summed E-state index contributed by atoms with van der Waals surface area (Å²) in [5.74, 6) is -0.123. The molecule has 7 heteroatoms. The molecule has 1 aliphatic rings. The summed E-state index contributed by atoms with van der Waals surface area (Å²) in [5, 5.41) is 8.50. The van der Waals surface area contributed by atoms with E-state index >= 15 is 0 Å². The van der Waals surface area contributed by atoms with Crippen LogP contribution in [0, 0.1) is 0 Å². The molecule has 1 aromatic heterocycles. The van der Waals surface area contributed by atoms with Crippen molar-refractivity contribution in [2.45, 2.75) is 31.8 Å². The number of amides is 2. The number of aromatic nitrogens is 1. The first kappa shape index (κ1) is 14.6. The maximum absolute atomic E-state index is 12.1. The van der Waals surface area contributed by atoms with Crippen molar-refractivity contribution < 1.29 is 9.59 Å². The van der Waals surface area contributed by atoms with Gasteiger partial charge in [-0.05, 0) is 31.9 Å². The molecule has 0 radical (unpaired) electrons. The van der Waals surface area contributed by atoms with Crippen LogP contribution in [0.3, 0.4) is 0 Å². The topological polar surface area (TPSA) is 83.1 Å². The van der Waals surface area contributed by atoms with Crippen molar-refractivity contribution in [2.24, 2.45) is 0 Å². The highest BCUT2D eigenvalue weighted by molar-refractivity contribution is 6.33. The van der Waals surface area contributed by atoms with Crippen LogP contribution >= 0.6 is 11.6 Å². The van der Waals surface area contributed by atoms with Crippen molar-refractivity contribution >= 4 is 29.2 Å². The van der Waals surface area contributed by atoms with Gasteiger partial charge in [-0.2, -0.15) is 0 Å². The molecule has 1 heterocycles. The largest absolute Gasteiger partial charge is 0.373 e. The standard InChI is InChI=1S/C13H17ClN4O2/c1-7(12(19)17-8-3-4-8)16-13(20)11-9(14)5-6-10(15-2)18-11/h5-8H,3-4H2,1-2H3,(H,15,18)(H,16,20)(H,17,19). The molecule has 108 valence electrons. The van der Waals surface area contributed by atoms with Gasteiger partial charge in [-0.3, -0.25) is 9.59 Å². The van der Waals surface area contributed by atoms with E-state index in [2.05, 4.69) is 20.9 Å². The van der Waals surface area contributed by atoms with E-state index in [1.54, 1.807) is 26.1 Å². The average molecular weight is 297 g/mol. The van der Waals surface area contributed by atoms with Crippen LogP contribution in [-0.2, 0) is 4.79 Å². The minimum Gasteiger partial charge on any atom is -0.373 e. The van der Waals surface area contributed by atoms with Crippen molar-refractivity contribution in [3.05, 3.63) is 22.8 Å². The fourth-order valence-electron chi connectivity index (χ4n) is 1.63. The monoisotopic (exact) mass is 296 g/mol. The van der Waals surface area contributed by atoms with Crippen LogP contribution in [0.15, 0.2) is 12.1 Å². The summed E-state index contributed by atoms with van der Waals surface area (Å²) in [5.41, 5.74) is 0.101. The molecule has 3 N–H and O–H groups in total. The number of halogens is 1. The molecule has 1 aromatic rings. The van der Waals surface area contributed by atoms with E-state index in [1.807, 2.05) is 0 Å². The van der Waals surface area contributed by atoms with E-state index in [4.69, 9.17) is 11.6 Å². The molecule has 20 heavy (non-hydrogen) atoms. The Hall–Kier alpha value is -1.82. The smallest absolute Gasteiger partial charge is 0.272 e. The Morgan fingerprint density at radius 2 is 2.10 bits per heavy atom. The van der Waals surface area contributed by atoms with Gasteiger partial charge in [0.2, 0.25) is 5.91 Å². The van der Waals surface area contributed by atoms with Crippen molar-refractivity contribution in [1.82, 2.24) is 15.6 Å². The molecule has 1 saturated carbocycles. The Morgan fingerprint density at radius 3 is 2.70 bits per heavy atom. The van der Waals surface area contributed by atoms with Gasteiger partial charge in [0.1, 0.15) is 17.6 Å². The predicted octanol–water partition coefficient (Wildman–Crippen LogP) is 1.17. The third kappa shape index (κ3) is 3.60. The zero-order valence-electron chi connectivity index (χ0n) is 11.4. The maximum Gasteiger partial charge on any atom is 0.272 e. The molecular formula is C13H17ClN4O2. The summed E-state index contributed by atoms with van der Waals surface area (Å²) < 4.78 is 0. The summed E-state index contributed by atoms with van der Waals surface area (Å²) in [7, 11) is 1.70. The number of hydrogen-bond acceptors (Lipinski definition) is 4. The molecule has 0 saturated heterocycles. The minimum absolute atomic E-state index is 0.101. The number of pyridine rings is 1. The maximum atomic E-state index is 12.1. The highest BCUT2D eigenvalue weighted by Crippen LogP contribution is 2.19. The number of nitrogens with one attached hydrogen (secondary N) is 3. The second-order valence-corrected chi connectivity index (χ2v) is 5.16.